The van der Waals surface area contributed by atoms with Crippen molar-refractivity contribution in [1.29, 1.82) is 0 Å². The second kappa shape index (κ2) is 3.13. The Morgan fingerprint density at radius 3 is 2.94 bits per heavy atom. The maximum atomic E-state index is 5.75. The van der Waals surface area contributed by atoms with Crippen molar-refractivity contribution in [2.24, 2.45) is 0 Å². The second-order valence-corrected chi connectivity index (χ2v) is 3.88. The average Bonchev–Trinajstić information content (AvgIpc) is 2.82. The van der Waals surface area contributed by atoms with Gasteiger partial charge in [0.05, 0.1) is 11.9 Å². The molecule has 0 aliphatic rings. The molecule has 3 rings (SSSR count). The first kappa shape index (κ1) is 9.03. The number of aromatic amines is 1. The number of nitrogens with zero attached hydrogens (tertiary/aromatic N) is 1. The molecule has 0 aliphatic carbocycles. The predicted molar refractivity (Wildman–Crippen MR) is 62.9 cm³/mol. The Hall–Kier alpha value is -2.23. The Bertz CT molecular complexity index is 651. The fourth-order valence-electron chi connectivity index (χ4n) is 1.82. The van der Waals surface area contributed by atoms with Crippen molar-refractivity contribution in [2.45, 2.75) is 6.92 Å². The summed E-state index contributed by atoms with van der Waals surface area (Å²) < 4.78 is 5.10. The highest BCUT2D eigenvalue weighted by Gasteiger charge is 2.10. The number of nitrogens with one attached hydrogen (secondary N) is 1. The summed E-state index contributed by atoms with van der Waals surface area (Å²) >= 11 is 0. The van der Waals surface area contributed by atoms with Crippen molar-refractivity contribution < 1.29 is 4.52 Å². The van der Waals surface area contributed by atoms with Crippen molar-refractivity contribution in [3.63, 3.8) is 0 Å². The molecule has 4 nitrogen and oxygen atoms in total. The Labute approximate surface area is 92.0 Å². The van der Waals surface area contributed by atoms with Crippen LogP contribution in [0.1, 0.15) is 5.56 Å². The summed E-state index contributed by atoms with van der Waals surface area (Å²) in [6.07, 6.45) is 1.51. The van der Waals surface area contributed by atoms with Crippen LogP contribution in [0.5, 0.6) is 0 Å². The molecule has 0 atom stereocenters. The Kier molecular flexibility index (Phi) is 1.77. The number of aryl methyl sites for hydroxylation is 1. The highest BCUT2D eigenvalue weighted by atomic mass is 16.5. The summed E-state index contributed by atoms with van der Waals surface area (Å²) in [4.78, 5) is 3.27. The van der Waals surface area contributed by atoms with E-state index in [-0.39, 0.29) is 0 Å². The van der Waals surface area contributed by atoms with Gasteiger partial charge in [0.15, 0.2) is 0 Å². The number of H-pyrrole nitrogens is 1. The van der Waals surface area contributed by atoms with E-state index in [1.165, 1.54) is 11.8 Å². The fraction of sp³-hybridized carbons (Fsp3) is 0.0833. The van der Waals surface area contributed by atoms with Gasteiger partial charge in [0.2, 0.25) is 5.76 Å². The molecule has 3 N–H and O–H groups in total. The minimum absolute atomic E-state index is 0.545. The molecule has 3 aromatic rings. The number of aromatic nitrogens is 2. The number of hydrogen-bond donors (Lipinski definition) is 2. The van der Waals surface area contributed by atoms with E-state index in [2.05, 4.69) is 35.3 Å². The molecule has 0 unspecified atom stereocenters. The van der Waals surface area contributed by atoms with Crippen molar-refractivity contribution in [3.8, 4) is 11.5 Å². The van der Waals surface area contributed by atoms with Gasteiger partial charge in [0.25, 0.3) is 0 Å². The molecule has 0 spiro atoms. The largest absolute Gasteiger partial charge is 0.394 e. The molecule has 0 bridgehead atoms. The zero-order chi connectivity index (χ0) is 11.1. The summed E-state index contributed by atoms with van der Waals surface area (Å²) in [6, 6.07) is 8.23. The molecule has 0 amide bonds. The van der Waals surface area contributed by atoms with Gasteiger partial charge < -0.3 is 15.2 Å². The molecule has 2 heterocycles. The molecule has 0 saturated heterocycles. The van der Waals surface area contributed by atoms with Crippen molar-refractivity contribution in [2.75, 3.05) is 5.73 Å². The number of rotatable bonds is 1. The molecule has 16 heavy (non-hydrogen) atoms. The van der Waals surface area contributed by atoms with Crippen LogP contribution >= 0.6 is 0 Å². The molecule has 0 aliphatic heterocycles. The first-order valence-corrected chi connectivity index (χ1v) is 5.04. The van der Waals surface area contributed by atoms with Gasteiger partial charge in [-0.15, -0.1) is 0 Å². The zero-order valence-corrected chi connectivity index (χ0v) is 8.82. The van der Waals surface area contributed by atoms with E-state index in [1.54, 1.807) is 0 Å². The normalized spacial score (nSPS) is 11.1. The number of nitrogen functional groups attached to an aromatic ring is 1. The third kappa shape index (κ3) is 1.27. The van der Waals surface area contributed by atoms with Crippen LogP contribution < -0.4 is 5.73 Å². The van der Waals surface area contributed by atoms with Crippen LogP contribution in [0.25, 0.3) is 22.4 Å². The van der Waals surface area contributed by atoms with Crippen LogP contribution in [0.2, 0.25) is 0 Å². The van der Waals surface area contributed by atoms with Gasteiger partial charge in [0.1, 0.15) is 5.69 Å². The zero-order valence-electron chi connectivity index (χ0n) is 8.82. The van der Waals surface area contributed by atoms with Gasteiger partial charge in [-0.25, -0.2) is 0 Å². The highest BCUT2D eigenvalue weighted by molar-refractivity contribution is 5.87. The minimum atomic E-state index is 0.545. The van der Waals surface area contributed by atoms with Crippen molar-refractivity contribution in [3.05, 3.63) is 36.0 Å². The first-order chi connectivity index (χ1) is 7.74. The van der Waals surface area contributed by atoms with Crippen LogP contribution in [0, 0.1) is 6.92 Å². The lowest BCUT2D eigenvalue weighted by atomic mass is 10.2. The minimum Gasteiger partial charge on any atom is -0.394 e. The smallest absolute Gasteiger partial charge is 0.205 e. The van der Waals surface area contributed by atoms with Gasteiger partial charge in [0, 0.05) is 10.9 Å². The average molecular weight is 213 g/mol. The second-order valence-electron chi connectivity index (χ2n) is 3.88. The molecular formula is C12H11N3O. The Balaban J connectivity index is 2.23. The number of fused-ring (bicyclic) bond motifs is 1. The lowest BCUT2D eigenvalue weighted by Crippen LogP contribution is -1.84. The van der Waals surface area contributed by atoms with E-state index >= 15 is 0 Å². The summed E-state index contributed by atoms with van der Waals surface area (Å²) in [5.41, 5.74) is 9.44. The summed E-state index contributed by atoms with van der Waals surface area (Å²) in [7, 11) is 0. The monoisotopic (exact) mass is 213 g/mol. The molecule has 4 heteroatoms. The van der Waals surface area contributed by atoms with Crippen LogP contribution in [-0.2, 0) is 0 Å². The SMILES string of the molecule is Cc1ccc2cc(-c3oncc3N)[nH]c2c1. The van der Waals surface area contributed by atoms with E-state index in [4.69, 9.17) is 10.3 Å². The number of anilines is 1. The highest BCUT2D eigenvalue weighted by Crippen LogP contribution is 2.28. The van der Waals surface area contributed by atoms with Crippen LogP contribution in [0.3, 0.4) is 0 Å². The van der Waals surface area contributed by atoms with E-state index < -0.39 is 0 Å². The maximum Gasteiger partial charge on any atom is 0.205 e. The van der Waals surface area contributed by atoms with E-state index in [1.807, 2.05) is 6.07 Å². The lowest BCUT2D eigenvalue weighted by molar-refractivity contribution is 0.431. The van der Waals surface area contributed by atoms with Crippen molar-refractivity contribution in [1.82, 2.24) is 10.1 Å². The van der Waals surface area contributed by atoms with Gasteiger partial charge >= 0.3 is 0 Å². The first-order valence-electron chi connectivity index (χ1n) is 5.04. The Morgan fingerprint density at radius 2 is 2.19 bits per heavy atom. The summed E-state index contributed by atoms with van der Waals surface area (Å²) in [5.74, 6) is 0.592. The third-order valence-electron chi connectivity index (χ3n) is 2.62. The third-order valence-corrected chi connectivity index (χ3v) is 2.62. The van der Waals surface area contributed by atoms with E-state index in [9.17, 15) is 0 Å². The van der Waals surface area contributed by atoms with Gasteiger partial charge in [-0.3, -0.25) is 0 Å². The summed E-state index contributed by atoms with van der Waals surface area (Å²) in [6.45, 7) is 2.06. The van der Waals surface area contributed by atoms with Crippen LogP contribution in [0.4, 0.5) is 5.69 Å². The van der Waals surface area contributed by atoms with Gasteiger partial charge in [-0.2, -0.15) is 0 Å². The quantitative estimate of drug-likeness (QED) is 0.653. The van der Waals surface area contributed by atoms with Crippen LogP contribution in [-0.4, -0.2) is 10.1 Å². The number of nitrogens with two attached hydrogens (primary N) is 1. The molecular weight excluding hydrogens is 202 g/mol. The molecule has 2 aromatic heterocycles. The number of hydrogen-bond acceptors (Lipinski definition) is 3. The van der Waals surface area contributed by atoms with Crippen LogP contribution in [0.15, 0.2) is 35.0 Å². The fourth-order valence-corrected chi connectivity index (χ4v) is 1.82. The molecule has 1 aromatic carbocycles. The summed E-state index contributed by atoms with van der Waals surface area (Å²) in [5, 5.41) is 4.80. The molecule has 0 saturated carbocycles. The lowest BCUT2D eigenvalue weighted by Gasteiger charge is -1.91. The Morgan fingerprint density at radius 1 is 1.31 bits per heavy atom. The van der Waals surface area contributed by atoms with Gasteiger partial charge in [-0.1, -0.05) is 17.3 Å². The molecule has 0 radical (unpaired) electrons. The topological polar surface area (TPSA) is 67.8 Å². The number of benzene rings is 1. The van der Waals surface area contributed by atoms with E-state index in [0.29, 0.717) is 11.4 Å². The van der Waals surface area contributed by atoms with E-state index in [0.717, 1.165) is 16.6 Å². The predicted octanol–water partition coefficient (Wildman–Crippen LogP) is 2.71. The maximum absolute atomic E-state index is 5.75. The standard InChI is InChI=1S/C12H11N3O/c1-7-2-3-8-5-11(15-10(8)4-7)12-9(13)6-14-16-12/h2-6,15H,13H2,1H3. The van der Waals surface area contributed by atoms with Gasteiger partial charge in [-0.05, 0) is 24.6 Å². The molecule has 80 valence electrons. The van der Waals surface area contributed by atoms with Crippen molar-refractivity contribution >= 4 is 16.6 Å². The molecule has 0 fully saturated rings.